The Balaban J connectivity index is 2.28. The standard InChI is InChI=1S/C15H23N3O2S/c1-18(10-11-20-2)9-3-4-14(19)17-13-7-5-12(6-8-13)15(16)21/h5-8H,3-4,9-11H2,1-2H3,(H2,16,21)(H,17,19). The van der Waals surface area contributed by atoms with Crippen LogP contribution in [0, 0.1) is 0 Å². The van der Waals surface area contributed by atoms with Crippen molar-refractivity contribution in [2.24, 2.45) is 5.73 Å². The molecule has 0 radical (unpaired) electrons. The summed E-state index contributed by atoms with van der Waals surface area (Å²) in [6, 6.07) is 7.21. The van der Waals surface area contributed by atoms with Crippen LogP contribution in [-0.2, 0) is 9.53 Å². The van der Waals surface area contributed by atoms with E-state index in [1.54, 1.807) is 31.4 Å². The number of ether oxygens (including phenoxy) is 1. The number of rotatable bonds is 9. The number of hydrogen-bond donors (Lipinski definition) is 2. The van der Waals surface area contributed by atoms with Gasteiger partial charge in [0.1, 0.15) is 4.99 Å². The van der Waals surface area contributed by atoms with E-state index in [9.17, 15) is 4.79 Å². The van der Waals surface area contributed by atoms with Crippen LogP contribution < -0.4 is 11.1 Å². The zero-order valence-corrected chi connectivity index (χ0v) is 13.4. The van der Waals surface area contributed by atoms with Crippen LogP contribution in [0.15, 0.2) is 24.3 Å². The number of nitrogens with zero attached hydrogens (tertiary/aromatic N) is 1. The molecule has 0 saturated carbocycles. The number of thiocarbonyl (C=S) groups is 1. The Bertz CT molecular complexity index is 462. The lowest BCUT2D eigenvalue weighted by molar-refractivity contribution is -0.116. The third-order valence-corrected chi connectivity index (χ3v) is 3.31. The molecule has 0 fully saturated rings. The van der Waals surface area contributed by atoms with Gasteiger partial charge in [-0.05, 0) is 44.3 Å². The highest BCUT2D eigenvalue weighted by Gasteiger charge is 2.04. The van der Waals surface area contributed by atoms with Gasteiger partial charge in [-0.25, -0.2) is 0 Å². The number of methoxy groups -OCH3 is 1. The molecule has 1 rings (SSSR count). The fourth-order valence-electron chi connectivity index (χ4n) is 1.81. The molecule has 3 N–H and O–H groups in total. The lowest BCUT2D eigenvalue weighted by Crippen LogP contribution is -2.25. The predicted molar refractivity (Wildman–Crippen MR) is 89.6 cm³/mol. The van der Waals surface area contributed by atoms with E-state index >= 15 is 0 Å². The number of carbonyl (C=O) groups is 1. The second-order valence-electron chi connectivity index (χ2n) is 4.89. The van der Waals surface area contributed by atoms with E-state index in [1.165, 1.54) is 0 Å². The Kier molecular flexibility index (Phi) is 7.89. The van der Waals surface area contributed by atoms with E-state index in [1.807, 2.05) is 7.05 Å². The number of amides is 1. The first-order valence-electron chi connectivity index (χ1n) is 6.90. The molecule has 0 spiro atoms. The van der Waals surface area contributed by atoms with Crippen molar-refractivity contribution in [1.29, 1.82) is 0 Å². The van der Waals surface area contributed by atoms with Gasteiger partial charge in [-0.2, -0.15) is 0 Å². The van der Waals surface area contributed by atoms with Crippen molar-refractivity contribution in [2.75, 3.05) is 39.2 Å². The molecule has 0 saturated heterocycles. The van der Waals surface area contributed by atoms with Crippen LogP contribution in [0.3, 0.4) is 0 Å². The lowest BCUT2D eigenvalue weighted by Gasteiger charge is -2.15. The Morgan fingerprint density at radius 2 is 2.00 bits per heavy atom. The van der Waals surface area contributed by atoms with Gasteiger partial charge in [0, 0.05) is 31.3 Å². The van der Waals surface area contributed by atoms with Crippen molar-refractivity contribution in [3.05, 3.63) is 29.8 Å². The van der Waals surface area contributed by atoms with Gasteiger partial charge < -0.3 is 20.7 Å². The molecule has 0 aliphatic carbocycles. The van der Waals surface area contributed by atoms with Crippen molar-refractivity contribution < 1.29 is 9.53 Å². The van der Waals surface area contributed by atoms with Gasteiger partial charge in [0.25, 0.3) is 0 Å². The summed E-state index contributed by atoms with van der Waals surface area (Å²) in [7, 11) is 3.70. The van der Waals surface area contributed by atoms with E-state index < -0.39 is 0 Å². The summed E-state index contributed by atoms with van der Waals surface area (Å²) in [5.74, 6) is 0.0122. The molecule has 0 aliphatic rings. The smallest absolute Gasteiger partial charge is 0.224 e. The number of nitrogens with one attached hydrogen (secondary N) is 1. The van der Waals surface area contributed by atoms with Crippen molar-refractivity contribution in [3.8, 4) is 0 Å². The summed E-state index contributed by atoms with van der Waals surface area (Å²) in [6.45, 7) is 2.45. The second-order valence-corrected chi connectivity index (χ2v) is 5.33. The van der Waals surface area contributed by atoms with Crippen LogP contribution in [0.2, 0.25) is 0 Å². The molecule has 1 amide bonds. The molecule has 1 aromatic carbocycles. The Hall–Kier alpha value is -1.50. The zero-order valence-electron chi connectivity index (χ0n) is 12.6. The monoisotopic (exact) mass is 309 g/mol. The summed E-state index contributed by atoms with van der Waals surface area (Å²) >= 11 is 4.88. The molecule has 116 valence electrons. The van der Waals surface area contributed by atoms with E-state index in [0.29, 0.717) is 18.0 Å². The van der Waals surface area contributed by atoms with Crippen molar-refractivity contribution in [1.82, 2.24) is 4.90 Å². The quantitative estimate of drug-likeness (QED) is 0.679. The minimum atomic E-state index is 0.0122. The third kappa shape index (κ3) is 7.17. The molecule has 0 atom stereocenters. The molecular formula is C15H23N3O2S. The van der Waals surface area contributed by atoms with Crippen molar-refractivity contribution >= 4 is 28.8 Å². The zero-order chi connectivity index (χ0) is 15.7. The maximum atomic E-state index is 11.8. The number of likely N-dealkylation sites (N-methyl/N-ethyl adjacent to an activating group) is 1. The summed E-state index contributed by atoms with van der Waals surface area (Å²) in [4.78, 5) is 14.3. The van der Waals surface area contributed by atoms with E-state index in [-0.39, 0.29) is 5.91 Å². The molecule has 5 nitrogen and oxygen atoms in total. The number of nitrogens with two attached hydrogens (primary N) is 1. The lowest BCUT2D eigenvalue weighted by atomic mass is 10.2. The maximum Gasteiger partial charge on any atom is 0.224 e. The predicted octanol–water partition coefficient (Wildman–Crippen LogP) is 1.62. The minimum absolute atomic E-state index is 0.0122. The van der Waals surface area contributed by atoms with Gasteiger partial charge in [0.2, 0.25) is 5.91 Å². The molecule has 0 aromatic heterocycles. The van der Waals surface area contributed by atoms with Crippen LogP contribution in [-0.4, -0.2) is 49.6 Å². The fraction of sp³-hybridized carbons (Fsp3) is 0.467. The maximum absolute atomic E-state index is 11.8. The van der Waals surface area contributed by atoms with Crippen molar-refractivity contribution in [3.63, 3.8) is 0 Å². The first kappa shape index (κ1) is 17.6. The topological polar surface area (TPSA) is 67.6 Å². The molecule has 1 aromatic rings. The van der Waals surface area contributed by atoms with Gasteiger partial charge in [-0.3, -0.25) is 4.79 Å². The summed E-state index contributed by atoms with van der Waals surface area (Å²) in [5.41, 5.74) is 7.08. The fourth-order valence-corrected chi connectivity index (χ4v) is 1.95. The van der Waals surface area contributed by atoms with E-state index in [2.05, 4.69) is 10.2 Å². The molecule has 0 heterocycles. The number of carbonyl (C=O) groups excluding carboxylic acids is 1. The Morgan fingerprint density at radius 1 is 1.33 bits per heavy atom. The van der Waals surface area contributed by atoms with Crippen LogP contribution in [0.25, 0.3) is 0 Å². The first-order chi connectivity index (χ1) is 10.0. The number of hydrogen-bond acceptors (Lipinski definition) is 4. The molecular weight excluding hydrogens is 286 g/mol. The normalized spacial score (nSPS) is 10.6. The highest BCUT2D eigenvalue weighted by atomic mass is 32.1. The molecule has 0 bridgehead atoms. The summed E-state index contributed by atoms with van der Waals surface area (Å²) in [6.07, 6.45) is 1.31. The van der Waals surface area contributed by atoms with Crippen molar-refractivity contribution in [2.45, 2.75) is 12.8 Å². The van der Waals surface area contributed by atoms with Crippen LogP contribution in [0.4, 0.5) is 5.69 Å². The first-order valence-corrected chi connectivity index (χ1v) is 7.31. The molecule has 0 aliphatic heterocycles. The highest BCUT2D eigenvalue weighted by Crippen LogP contribution is 2.10. The summed E-state index contributed by atoms with van der Waals surface area (Å²) < 4.78 is 5.01. The summed E-state index contributed by atoms with van der Waals surface area (Å²) in [5, 5.41) is 2.86. The Labute approximate surface area is 131 Å². The third-order valence-electron chi connectivity index (χ3n) is 3.07. The molecule has 0 unspecified atom stereocenters. The average molecular weight is 309 g/mol. The second kappa shape index (κ2) is 9.44. The van der Waals surface area contributed by atoms with Crippen LogP contribution >= 0.6 is 12.2 Å². The average Bonchev–Trinajstić information content (AvgIpc) is 2.45. The SMILES string of the molecule is COCCN(C)CCCC(=O)Nc1ccc(C(N)=S)cc1. The van der Waals surface area contributed by atoms with Gasteiger partial charge in [-0.1, -0.05) is 12.2 Å². The van der Waals surface area contributed by atoms with Crippen LogP contribution in [0.5, 0.6) is 0 Å². The number of anilines is 1. The number of benzene rings is 1. The largest absolute Gasteiger partial charge is 0.389 e. The molecule has 21 heavy (non-hydrogen) atoms. The van der Waals surface area contributed by atoms with Gasteiger partial charge in [0.05, 0.1) is 6.61 Å². The van der Waals surface area contributed by atoms with Gasteiger partial charge in [-0.15, -0.1) is 0 Å². The minimum Gasteiger partial charge on any atom is -0.389 e. The van der Waals surface area contributed by atoms with E-state index in [0.717, 1.165) is 30.8 Å². The Morgan fingerprint density at radius 3 is 2.57 bits per heavy atom. The molecule has 6 heteroatoms. The van der Waals surface area contributed by atoms with E-state index in [4.69, 9.17) is 22.7 Å². The van der Waals surface area contributed by atoms with Gasteiger partial charge >= 0.3 is 0 Å². The van der Waals surface area contributed by atoms with Gasteiger partial charge in [0.15, 0.2) is 0 Å². The highest BCUT2D eigenvalue weighted by molar-refractivity contribution is 7.80. The van der Waals surface area contributed by atoms with Crippen LogP contribution in [0.1, 0.15) is 18.4 Å².